The maximum atomic E-state index is 8.79. The molecule has 2 atom stereocenters. The van der Waals surface area contributed by atoms with Gasteiger partial charge < -0.3 is 9.64 Å². The number of hydrogen-bond acceptors (Lipinski definition) is 7. The zero-order valence-corrected chi connectivity index (χ0v) is 11.5. The van der Waals surface area contributed by atoms with Gasteiger partial charge in [-0.25, -0.2) is 0 Å². The van der Waals surface area contributed by atoms with Gasteiger partial charge in [-0.2, -0.15) is 10.5 Å². The summed E-state index contributed by atoms with van der Waals surface area (Å²) in [6.45, 7) is 5.54. The first kappa shape index (κ1) is 13.5. The summed E-state index contributed by atoms with van der Waals surface area (Å²) in [5, 5.41) is 22.4. The first-order valence-electron chi connectivity index (χ1n) is 5.88. The zero-order chi connectivity index (χ0) is 13.8. The normalized spacial score (nSPS) is 22.4. The molecule has 1 aliphatic rings. The second-order valence-corrected chi connectivity index (χ2v) is 5.14. The summed E-state index contributed by atoms with van der Waals surface area (Å²) in [4.78, 5) is 2.14. The number of morpholine rings is 1. The van der Waals surface area contributed by atoms with Gasteiger partial charge in [0.2, 0.25) is 0 Å². The fraction of sp³-hybridized carbons (Fsp3) is 0.500. The summed E-state index contributed by atoms with van der Waals surface area (Å²) >= 11 is 1.27. The second-order valence-electron chi connectivity index (χ2n) is 4.41. The summed E-state index contributed by atoms with van der Waals surface area (Å²) in [5.74, 6) is 0. The largest absolute Gasteiger partial charge is 0.372 e. The maximum Gasteiger partial charge on any atom is 0.140 e. The third-order valence-electron chi connectivity index (χ3n) is 2.72. The van der Waals surface area contributed by atoms with Crippen molar-refractivity contribution in [2.24, 2.45) is 0 Å². The molecule has 0 aromatic carbocycles. The van der Waals surface area contributed by atoms with Gasteiger partial charge in [-0.15, -0.1) is 5.10 Å². The van der Waals surface area contributed by atoms with E-state index in [-0.39, 0.29) is 17.8 Å². The molecule has 1 saturated heterocycles. The van der Waals surface area contributed by atoms with Crippen molar-refractivity contribution in [1.82, 2.24) is 9.59 Å². The molecule has 1 aromatic rings. The highest BCUT2D eigenvalue weighted by Gasteiger charge is 2.25. The van der Waals surface area contributed by atoms with Crippen LogP contribution in [0.25, 0.3) is 6.08 Å². The minimum absolute atomic E-state index is 0.0308. The molecule has 0 unspecified atom stereocenters. The lowest BCUT2D eigenvalue weighted by Gasteiger charge is -2.35. The van der Waals surface area contributed by atoms with Crippen LogP contribution in [-0.2, 0) is 4.74 Å². The van der Waals surface area contributed by atoms with E-state index in [1.807, 2.05) is 26.0 Å². The molecule has 0 bridgehead atoms. The Labute approximate surface area is 115 Å². The number of nitriles is 2. The highest BCUT2D eigenvalue weighted by molar-refractivity contribution is 7.10. The molecule has 0 radical (unpaired) electrons. The van der Waals surface area contributed by atoms with Crippen molar-refractivity contribution in [2.45, 2.75) is 26.1 Å². The first-order chi connectivity index (χ1) is 9.13. The quantitative estimate of drug-likeness (QED) is 0.762. The lowest BCUT2D eigenvalue weighted by Crippen LogP contribution is -2.45. The predicted molar refractivity (Wildman–Crippen MR) is 71.3 cm³/mol. The molecule has 98 valence electrons. The van der Waals surface area contributed by atoms with Crippen LogP contribution >= 0.6 is 11.5 Å². The van der Waals surface area contributed by atoms with Gasteiger partial charge in [0.1, 0.15) is 28.4 Å². The minimum Gasteiger partial charge on any atom is -0.372 e. The molecule has 0 spiro atoms. The van der Waals surface area contributed by atoms with Gasteiger partial charge in [-0.1, -0.05) is 4.49 Å². The lowest BCUT2D eigenvalue weighted by molar-refractivity contribution is -0.00502. The van der Waals surface area contributed by atoms with Crippen LogP contribution in [0.1, 0.15) is 19.5 Å². The molecule has 2 heterocycles. The molecule has 1 aliphatic heterocycles. The van der Waals surface area contributed by atoms with E-state index in [1.54, 1.807) is 0 Å². The topological polar surface area (TPSA) is 85.8 Å². The lowest BCUT2D eigenvalue weighted by atomic mass is 10.2. The van der Waals surface area contributed by atoms with E-state index in [2.05, 4.69) is 14.5 Å². The van der Waals surface area contributed by atoms with E-state index < -0.39 is 0 Å². The van der Waals surface area contributed by atoms with Gasteiger partial charge in [0, 0.05) is 24.6 Å². The molecular weight excluding hydrogens is 262 g/mol. The average molecular weight is 275 g/mol. The molecule has 1 aromatic heterocycles. The fourth-order valence-electron chi connectivity index (χ4n) is 2.07. The second kappa shape index (κ2) is 5.79. The van der Waals surface area contributed by atoms with Gasteiger partial charge in [0.25, 0.3) is 0 Å². The van der Waals surface area contributed by atoms with E-state index in [0.29, 0.717) is 5.69 Å². The van der Waals surface area contributed by atoms with E-state index in [4.69, 9.17) is 15.3 Å². The van der Waals surface area contributed by atoms with Crippen molar-refractivity contribution >= 4 is 22.6 Å². The van der Waals surface area contributed by atoms with Crippen LogP contribution in [0.2, 0.25) is 0 Å². The Kier molecular flexibility index (Phi) is 4.10. The average Bonchev–Trinajstić information content (AvgIpc) is 2.82. The highest BCUT2D eigenvalue weighted by atomic mass is 32.1. The monoisotopic (exact) mass is 275 g/mol. The standard InChI is InChI=1S/C12H13N5OS/c1-8-6-17(7-9(2)18-8)12-11(15-16-19-12)3-10(4-13)5-14/h3,8-9H,6-7H2,1-2H3/t8-,9+. The molecule has 0 aliphatic carbocycles. The predicted octanol–water partition coefficient (Wildman–Crippen LogP) is 1.58. The van der Waals surface area contributed by atoms with Gasteiger partial charge in [0.05, 0.1) is 12.2 Å². The van der Waals surface area contributed by atoms with Gasteiger partial charge in [0.15, 0.2) is 0 Å². The summed E-state index contributed by atoms with van der Waals surface area (Å²) in [7, 11) is 0. The number of nitrogens with zero attached hydrogens (tertiary/aromatic N) is 5. The van der Waals surface area contributed by atoms with Crippen molar-refractivity contribution in [3.63, 3.8) is 0 Å². The van der Waals surface area contributed by atoms with E-state index >= 15 is 0 Å². The Hall–Kier alpha value is -1.96. The van der Waals surface area contributed by atoms with E-state index in [9.17, 15) is 0 Å². The van der Waals surface area contributed by atoms with Gasteiger partial charge >= 0.3 is 0 Å². The van der Waals surface area contributed by atoms with Crippen LogP contribution in [0, 0.1) is 22.7 Å². The van der Waals surface area contributed by atoms with Crippen molar-refractivity contribution in [3.05, 3.63) is 11.3 Å². The SMILES string of the molecule is C[C@@H]1CN(c2snnc2C=C(C#N)C#N)C[C@H](C)O1. The fourth-order valence-corrected chi connectivity index (χ4v) is 2.74. The molecule has 6 nitrogen and oxygen atoms in total. The molecule has 0 N–H and O–H groups in total. The minimum atomic E-state index is 0.0308. The molecule has 0 amide bonds. The Morgan fingerprint density at radius 2 is 2.00 bits per heavy atom. The summed E-state index contributed by atoms with van der Waals surface area (Å²) in [6.07, 6.45) is 1.74. The van der Waals surface area contributed by atoms with E-state index in [1.165, 1.54) is 17.6 Å². The van der Waals surface area contributed by atoms with Gasteiger partial charge in [-0.05, 0) is 19.9 Å². The maximum absolute atomic E-state index is 8.79. The van der Waals surface area contributed by atoms with Crippen molar-refractivity contribution in [2.75, 3.05) is 18.0 Å². The molecular formula is C12H13N5OS. The van der Waals surface area contributed by atoms with E-state index in [0.717, 1.165) is 18.1 Å². The highest BCUT2D eigenvalue weighted by Crippen LogP contribution is 2.28. The Bertz CT molecular complexity index is 541. The zero-order valence-electron chi connectivity index (χ0n) is 10.7. The summed E-state index contributed by atoms with van der Waals surface area (Å²) in [5.41, 5.74) is 0.604. The number of rotatable bonds is 2. The molecule has 1 fully saturated rings. The molecule has 19 heavy (non-hydrogen) atoms. The van der Waals surface area contributed by atoms with Crippen LogP contribution in [0.3, 0.4) is 0 Å². The van der Waals surface area contributed by atoms with Crippen LogP contribution < -0.4 is 4.90 Å². The van der Waals surface area contributed by atoms with Crippen LogP contribution in [0.5, 0.6) is 0 Å². The smallest absolute Gasteiger partial charge is 0.140 e. The Balaban J connectivity index is 2.28. The number of allylic oxidation sites excluding steroid dienone is 1. The summed E-state index contributed by atoms with van der Waals surface area (Å²) < 4.78 is 9.59. The van der Waals surface area contributed by atoms with Crippen molar-refractivity contribution in [3.8, 4) is 12.1 Å². The molecule has 7 heteroatoms. The van der Waals surface area contributed by atoms with Crippen LogP contribution in [-0.4, -0.2) is 34.9 Å². The Morgan fingerprint density at radius 3 is 2.58 bits per heavy atom. The summed E-state index contributed by atoms with van der Waals surface area (Å²) in [6, 6.07) is 3.66. The third-order valence-corrected chi connectivity index (χ3v) is 3.53. The van der Waals surface area contributed by atoms with Crippen LogP contribution in [0.4, 0.5) is 5.00 Å². The first-order valence-corrected chi connectivity index (χ1v) is 6.66. The number of anilines is 1. The Morgan fingerprint density at radius 1 is 1.37 bits per heavy atom. The number of ether oxygens (including phenoxy) is 1. The van der Waals surface area contributed by atoms with Crippen LogP contribution in [0.15, 0.2) is 5.57 Å². The number of aromatic nitrogens is 2. The molecule has 0 saturated carbocycles. The van der Waals surface area contributed by atoms with Crippen molar-refractivity contribution < 1.29 is 4.74 Å². The van der Waals surface area contributed by atoms with Crippen molar-refractivity contribution in [1.29, 1.82) is 10.5 Å². The third kappa shape index (κ3) is 3.08. The van der Waals surface area contributed by atoms with Gasteiger partial charge in [-0.3, -0.25) is 0 Å². The number of hydrogen-bond donors (Lipinski definition) is 0. The molecule has 2 rings (SSSR count).